The van der Waals surface area contributed by atoms with Gasteiger partial charge in [0.05, 0.1) is 27.6 Å². The fourth-order valence-electron chi connectivity index (χ4n) is 10.3. The van der Waals surface area contributed by atoms with E-state index in [1.807, 2.05) is 18.2 Å². The normalized spacial score (nSPS) is 13.9. The van der Waals surface area contributed by atoms with E-state index in [9.17, 15) is 0 Å². The number of furan rings is 2. The fourth-order valence-corrected chi connectivity index (χ4v) is 10.3. The lowest BCUT2D eigenvalue weighted by molar-refractivity contribution is 0.574. The van der Waals surface area contributed by atoms with Crippen LogP contribution in [-0.2, 0) is 13.0 Å². The second-order valence-corrected chi connectivity index (χ2v) is 15.8. The van der Waals surface area contributed by atoms with Gasteiger partial charge in [0.15, 0.2) is 0 Å². The third kappa shape index (κ3) is 4.50. The molecule has 1 aliphatic carbocycles. The van der Waals surface area contributed by atoms with Crippen LogP contribution in [0.25, 0.3) is 117 Å². The highest BCUT2D eigenvalue weighted by Crippen LogP contribution is 2.46. The molecule has 0 N–H and O–H groups in total. The van der Waals surface area contributed by atoms with Gasteiger partial charge in [-0.05, 0) is 98.1 Å². The van der Waals surface area contributed by atoms with Crippen molar-refractivity contribution in [1.82, 2.24) is 13.7 Å². The molecule has 0 bridgehead atoms. The van der Waals surface area contributed by atoms with Crippen LogP contribution in [0, 0.1) is 0 Å². The summed E-state index contributed by atoms with van der Waals surface area (Å²) in [4.78, 5) is 0. The Morgan fingerprint density at radius 2 is 1.24 bits per heavy atom. The molecule has 0 amide bonds. The Morgan fingerprint density at radius 3 is 2.07 bits per heavy atom. The molecule has 0 saturated heterocycles. The van der Waals surface area contributed by atoms with Gasteiger partial charge in [0.2, 0.25) is 0 Å². The van der Waals surface area contributed by atoms with Crippen LogP contribution in [0.15, 0.2) is 161 Å². The van der Waals surface area contributed by atoms with E-state index >= 15 is 0 Å². The predicted molar refractivity (Wildman–Crippen MR) is 245 cm³/mol. The molecule has 5 nitrogen and oxygen atoms in total. The van der Waals surface area contributed by atoms with Gasteiger partial charge in [-0.1, -0.05) is 97.1 Å². The Bertz CT molecular complexity index is 3880. The number of fused-ring (bicyclic) bond motifs is 15. The van der Waals surface area contributed by atoms with Gasteiger partial charge in [0.1, 0.15) is 22.2 Å². The van der Waals surface area contributed by atoms with Gasteiger partial charge in [-0.15, -0.1) is 0 Å². The van der Waals surface area contributed by atoms with Crippen molar-refractivity contribution in [2.24, 2.45) is 0 Å². The molecule has 0 spiro atoms. The molecule has 7 aromatic carbocycles. The molecule has 0 radical (unpaired) electrons. The third-order valence-corrected chi connectivity index (χ3v) is 12.8. The van der Waals surface area contributed by atoms with E-state index in [1.165, 1.54) is 65.8 Å². The molecular weight excluding hydrogens is 723 g/mol. The first-order chi connectivity index (χ1) is 29.2. The molecule has 5 heteroatoms. The second kappa shape index (κ2) is 12.3. The minimum atomic E-state index is 0.728. The average molecular weight is 760 g/mol. The molecule has 5 heterocycles. The van der Waals surface area contributed by atoms with Crippen LogP contribution in [0.2, 0.25) is 0 Å². The van der Waals surface area contributed by atoms with Crippen molar-refractivity contribution >= 4 is 106 Å². The molecule has 5 aromatic heterocycles. The van der Waals surface area contributed by atoms with Gasteiger partial charge in [-0.25, -0.2) is 0 Å². The zero-order chi connectivity index (χ0) is 38.8. The van der Waals surface area contributed by atoms with Gasteiger partial charge in [-0.3, -0.25) is 0 Å². The lowest BCUT2D eigenvalue weighted by Gasteiger charge is -2.12. The topological polar surface area (TPSA) is 41.1 Å². The van der Waals surface area contributed by atoms with Gasteiger partial charge >= 0.3 is 0 Å². The average Bonchev–Trinajstić information content (AvgIpc) is 4.09. The molecule has 0 atom stereocenters. The minimum Gasteiger partial charge on any atom is -0.456 e. The number of para-hydroxylation sites is 4. The largest absolute Gasteiger partial charge is 0.456 e. The van der Waals surface area contributed by atoms with Crippen LogP contribution in [0.1, 0.15) is 24.6 Å². The summed E-state index contributed by atoms with van der Waals surface area (Å²) in [6.07, 6.45) is 11.1. The zero-order valence-electron chi connectivity index (χ0n) is 32.4. The molecule has 0 fully saturated rings. The SMILES string of the molecule is C/C=c1/oc2ccccc2/c1=C/Cn1c2c(c3c1ccc1c4ccc5c(c6ccccc6n5-c5ccc6oc7ccccc7c6c5)c4n(-c4ccccc4)c13)CCC=C2. The standard InChI is InChI=1S/C54H37N3O2/c1-2-47-37(35-16-8-12-22-48(35)58-47)30-31-55-43-20-10-6-18-40(43)51-45(55)27-25-38-39-26-28-46-52(54(39)57(53(38)51)33-14-4-3-5-15-33)41-19-7-11-21-44(41)56(46)34-24-29-50-42(32-34)36-17-9-13-23-49(36)59-50/h2-5,7-17,19-30,32H,6,18,31H2,1H3/b37-30-,47-2+. The highest BCUT2D eigenvalue weighted by Gasteiger charge is 2.26. The molecule has 59 heavy (non-hydrogen) atoms. The summed E-state index contributed by atoms with van der Waals surface area (Å²) in [6, 6.07) is 52.6. The minimum absolute atomic E-state index is 0.728. The highest BCUT2D eigenvalue weighted by molar-refractivity contribution is 6.29. The van der Waals surface area contributed by atoms with Crippen LogP contribution in [0.5, 0.6) is 0 Å². The van der Waals surface area contributed by atoms with Crippen LogP contribution in [0.4, 0.5) is 0 Å². The molecule has 0 saturated carbocycles. The first-order valence-corrected chi connectivity index (χ1v) is 20.6. The number of hydrogen-bond acceptors (Lipinski definition) is 2. The Morgan fingerprint density at radius 1 is 0.542 bits per heavy atom. The molecule has 12 aromatic rings. The summed E-state index contributed by atoms with van der Waals surface area (Å²) < 4.78 is 20.1. The van der Waals surface area contributed by atoms with Crippen LogP contribution >= 0.6 is 0 Å². The maximum atomic E-state index is 6.28. The first-order valence-electron chi connectivity index (χ1n) is 20.6. The first kappa shape index (κ1) is 32.6. The van der Waals surface area contributed by atoms with Gasteiger partial charge < -0.3 is 22.5 Å². The van der Waals surface area contributed by atoms with Gasteiger partial charge in [0, 0.05) is 71.9 Å². The van der Waals surface area contributed by atoms with Crippen molar-refractivity contribution in [1.29, 1.82) is 0 Å². The molecule has 280 valence electrons. The van der Waals surface area contributed by atoms with Gasteiger partial charge in [0.25, 0.3) is 0 Å². The van der Waals surface area contributed by atoms with E-state index in [4.69, 9.17) is 8.83 Å². The van der Waals surface area contributed by atoms with Crippen LogP contribution < -0.4 is 10.6 Å². The number of aromatic nitrogens is 3. The van der Waals surface area contributed by atoms with Crippen molar-refractivity contribution in [3.8, 4) is 11.4 Å². The van der Waals surface area contributed by atoms with E-state index < -0.39 is 0 Å². The summed E-state index contributed by atoms with van der Waals surface area (Å²) in [6.45, 7) is 2.78. The number of aryl methyl sites for hydroxylation is 1. The number of benzene rings is 7. The lowest BCUT2D eigenvalue weighted by atomic mass is 9.99. The highest BCUT2D eigenvalue weighted by atomic mass is 16.3. The van der Waals surface area contributed by atoms with Crippen LogP contribution in [-0.4, -0.2) is 13.7 Å². The van der Waals surface area contributed by atoms with Crippen molar-refractivity contribution in [2.45, 2.75) is 26.3 Å². The number of rotatable bonds is 4. The van der Waals surface area contributed by atoms with Crippen molar-refractivity contribution in [2.75, 3.05) is 0 Å². The summed E-state index contributed by atoms with van der Waals surface area (Å²) in [5.74, 6) is 0. The third-order valence-electron chi connectivity index (χ3n) is 12.8. The van der Waals surface area contributed by atoms with E-state index in [1.54, 1.807) is 0 Å². The zero-order valence-corrected chi connectivity index (χ0v) is 32.4. The van der Waals surface area contributed by atoms with E-state index in [-0.39, 0.29) is 0 Å². The molecule has 0 unspecified atom stereocenters. The Labute approximate surface area is 338 Å². The maximum Gasteiger partial charge on any atom is 0.135 e. The summed E-state index contributed by atoms with van der Waals surface area (Å²) in [7, 11) is 0. The molecular formula is C54H37N3O2. The predicted octanol–water partition coefficient (Wildman–Crippen LogP) is 12.7. The Hall–Kier alpha value is -7.50. The Kier molecular flexibility index (Phi) is 6.76. The van der Waals surface area contributed by atoms with Gasteiger partial charge in [-0.2, -0.15) is 0 Å². The number of hydrogen-bond donors (Lipinski definition) is 0. The molecule has 0 aliphatic heterocycles. The lowest BCUT2D eigenvalue weighted by Crippen LogP contribution is -2.20. The second-order valence-electron chi connectivity index (χ2n) is 15.8. The number of nitrogens with zero attached hydrogens (tertiary/aromatic N) is 3. The van der Waals surface area contributed by atoms with Crippen molar-refractivity contribution < 1.29 is 8.83 Å². The summed E-state index contributed by atoms with van der Waals surface area (Å²) in [5.41, 5.74) is 14.7. The van der Waals surface area contributed by atoms with Crippen molar-refractivity contribution in [3.05, 3.63) is 174 Å². The molecule has 1 aliphatic rings. The fraction of sp³-hybridized carbons (Fsp3) is 0.0741. The molecule has 13 rings (SSSR count). The quantitative estimate of drug-likeness (QED) is 0.179. The van der Waals surface area contributed by atoms with Crippen LogP contribution in [0.3, 0.4) is 0 Å². The van der Waals surface area contributed by atoms with E-state index in [2.05, 4.69) is 172 Å². The number of allylic oxidation sites excluding steroid dienone is 1. The Balaban J connectivity index is 1.14. The maximum absolute atomic E-state index is 6.28. The summed E-state index contributed by atoms with van der Waals surface area (Å²) >= 11 is 0. The van der Waals surface area contributed by atoms with E-state index in [0.29, 0.717) is 0 Å². The smallest absolute Gasteiger partial charge is 0.135 e. The monoisotopic (exact) mass is 759 g/mol. The summed E-state index contributed by atoms with van der Waals surface area (Å²) in [5, 5.41) is 10.9. The van der Waals surface area contributed by atoms with E-state index in [0.717, 1.165) is 74.3 Å². The van der Waals surface area contributed by atoms with Crippen molar-refractivity contribution in [3.63, 3.8) is 0 Å².